The fourth-order valence-electron chi connectivity index (χ4n) is 4.78. The van der Waals surface area contributed by atoms with Crippen LogP contribution in [0.15, 0.2) is 58.9 Å². The van der Waals surface area contributed by atoms with Crippen molar-refractivity contribution in [1.29, 1.82) is 5.41 Å². The fraction of sp³-hybridized carbons (Fsp3) is 0.393. The predicted molar refractivity (Wildman–Crippen MR) is 152 cm³/mol. The van der Waals surface area contributed by atoms with Crippen molar-refractivity contribution in [3.8, 4) is 11.3 Å². The molecule has 0 aliphatic carbocycles. The van der Waals surface area contributed by atoms with E-state index in [-0.39, 0.29) is 18.3 Å². The summed E-state index contributed by atoms with van der Waals surface area (Å²) >= 11 is 1.48. The van der Waals surface area contributed by atoms with Crippen LogP contribution in [0, 0.1) is 11.2 Å². The summed E-state index contributed by atoms with van der Waals surface area (Å²) < 4.78 is 26.3. The van der Waals surface area contributed by atoms with Crippen molar-refractivity contribution in [1.82, 2.24) is 14.4 Å². The lowest BCUT2D eigenvalue weighted by molar-refractivity contribution is 0.0612. The number of nitrogens with zero attached hydrogens (tertiary/aromatic N) is 5. The van der Waals surface area contributed by atoms with Crippen LogP contribution in [-0.4, -0.2) is 90.7 Å². The number of benzene rings is 2. The van der Waals surface area contributed by atoms with Gasteiger partial charge in [0.15, 0.2) is 4.80 Å². The van der Waals surface area contributed by atoms with E-state index in [1.807, 2.05) is 5.38 Å². The van der Waals surface area contributed by atoms with E-state index in [9.17, 15) is 14.3 Å². The first kappa shape index (κ1) is 27.8. The zero-order valence-corrected chi connectivity index (χ0v) is 23.0. The summed E-state index contributed by atoms with van der Waals surface area (Å²) in [6.07, 6.45) is -0.674. The van der Waals surface area contributed by atoms with Gasteiger partial charge in [-0.15, -0.1) is 11.3 Å². The van der Waals surface area contributed by atoms with Gasteiger partial charge in [0.1, 0.15) is 5.82 Å². The van der Waals surface area contributed by atoms with E-state index >= 15 is 0 Å². The monoisotopic (exact) mass is 568 g/mol. The average molecular weight is 569 g/mol. The Bertz CT molecular complexity index is 1360. The normalized spacial score (nSPS) is 16.3. The van der Waals surface area contributed by atoms with E-state index in [4.69, 9.17) is 19.9 Å². The third-order valence-corrected chi connectivity index (χ3v) is 7.81. The third kappa shape index (κ3) is 6.69. The van der Waals surface area contributed by atoms with Crippen LogP contribution in [0.25, 0.3) is 11.3 Å². The van der Waals surface area contributed by atoms with Crippen LogP contribution in [0.5, 0.6) is 0 Å². The number of nitrogens with one attached hydrogen (secondary N) is 1. The molecule has 1 aromatic heterocycles. The molecule has 2 fully saturated rings. The largest absolute Gasteiger partial charge is 0.465 e. The first-order chi connectivity index (χ1) is 19.5. The van der Waals surface area contributed by atoms with Crippen molar-refractivity contribution < 1.29 is 23.8 Å². The lowest BCUT2D eigenvalue weighted by Gasteiger charge is -2.33. The number of anilines is 1. The maximum Gasteiger partial charge on any atom is 0.414 e. The number of carbonyl (C=O) groups is 1. The predicted octanol–water partition coefficient (Wildman–Crippen LogP) is 4.06. The van der Waals surface area contributed by atoms with Crippen molar-refractivity contribution in [2.24, 2.45) is 4.99 Å². The van der Waals surface area contributed by atoms with Gasteiger partial charge < -0.3 is 28.9 Å². The van der Waals surface area contributed by atoms with E-state index in [1.54, 1.807) is 17.0 Å². The van der Waals surface area contributed by atoms with E-state index in [2.05, 4.69) is 33.7 Å². The Kier molecular flexibility index (Phi) is 9.09. The van der Waals surface area contributed by atoms with E-state index < -0.39 is 6.09 Å². The minimum atomic E-state index is -1.15. The number of guanidine groups is 1. The van der Waals surface area contributed by atoms with Crippen LogP contribution in [-0.2, 0) is 16.0 Å². The summed E-state index contributed by atoms with van der Waals surface area (Å²) in [6, 6.07) is 14.4. The molecule has 3 heterocycles. The van der Waals surface area contributed by atoms with Crippen LogP contribution in [0.3, 0.4) is 0 Å². The molecule has 2 N–H and O–H groups in total. The third-order valence-electron chi connectivity index (χ3n) is 6.95. The van der Waals surface area contributed by atoms with Gasteiger partial charge in [-0.1, -0.05) is 12.1 Å². The Hall–Kier alpha value is -3.74. The molecule has 0 radical (unpaired) electrons. The number of aromatic nitrogens is 1. The van der Waals surface area contributed by atoms with Crippen LogP contribution >= 0.6 is 11.3 Å². The number of thiazole rings is 1. The number of carboxylic acid groups (broad SMARTS) is 1. The first-order valence-electron chi connectivity index (χ1n) is 13.3. The molecule has 3 aromatic rings. The second-order valence-corrected chi connectivity index (χ2v) is 10.3. The lowest BCUT2D eigenvalue weighted by Crippen LogP contribution is -2.50. The molecule has 0 spiro atoms. The number of rotatable bonds is 7. The van der Waals surface area contributed by atoms with Gasteiger partial charge in [-0.05, 0) is 48.4 Å². The summed E-state index contributed by atoms with van der Waals surface area (Å²) in [4.78, 5) is 22.6. The van der Waals surface area contributed by atoms with Crippen molar-refractivity contribution in [3.63, 3.8) is 0 Å². The molecule has 1 amide bonds. The lowest BCUT2D eigenvalue weighted by atomic mass is 10.1. The van der Waals surface area contributed by atoms with Crippen molar-refractivity contribution in [2.45, 2.75) is 13.0 Å². The fourth-order valence-corrected chi connectivity index (χ4v) is 5.74. The maximum atomic E-state index is 13.5. The quantitative estimate of drug-likeness (QED) is 0.329. The zero-order chi connectivity index (χ0) is 27.9. The van der Waals surface area contributed by atoms with Crippen molar-refractivity contribution in [3.05, 3.63) is 64.5 Å². The zero-order valence-electron chi connectivity index (χ0n) is 22.2. The van der Waals surface area contributed by atoms with Gasteiger partial charge in [-0.25, -0.2) is 19.1 Å². The second-order valence-electron chi connectivity index (χ2n) is 9.50. The molecule has 0 saturated carbocycles. The SMILES string of the molecule is N=C(N1CCOCC1)N(CCCn1c(-c2ccc(N3CCOCC3)cc2)cs/c1=N/c1ccc(F)cc1)C(=O)O. The van der Waals surface area contributed by atoms with Crippen LogP contribution in [0.2, 0.25) is 0 Å². The highest BCUT2D eigenvalue weighted by Crippen LogP contribution is 2.25. The summed E-state index contributed by atoms with van der Waals surface area (Å²) in [7, 11) is 0. The van der Waals surface area contributed by atoms with Gasteiger partial charge in [0.05, 0.1) is 37.8 Å². The minimum absolute atomic E-state index is 0.0266. The van der Waals surface area contributed by atoms with Gasteiger partial charge in [-0.3, -0.25) is 5.41 Å². The van der Waals surface area contributed by atoms with Crippen LogP contribution in [0.1, 0.15) is 6.42 Å². The second kappa shape index (κ2) is 13.1. The minimum Gasteiger partial charge on any atom is -0.465 e. The summed E-state index contributed by atoms with van der Waals surface area (Å²) in [5, 5.41) is 20.3. The summed E-state index contributed by atoms with van der Waals surface area (Å²) in [5.74, 6) is -0.350. The number of halogens is 1. The Balaban J connectivity index is 1.38. The maximum absolute atomic E-state index is 13.5. The molecule has 12 heteroatoms. The van der Waals surface area contributed by atoms with E-state index in [1.165, 1.54) is 23.5 Å². The van der Waals surface area contributed by atoms with Gasteiger partial charge in [0.2, 0.25) is 5.96 Å². The van der Waals surface area contributed by atoms with Gasteiger partial charge in [-0.2, -0.15) is 0 Å². The Morgan fingerprint density at radius 3 is 2.30 bits per heavy atom. The number of morpholine rings is 2. The van der Waals surface area contributed by atoms with Crippen molar-refractivity contribution >= 4 is 34.8 Å². The molecular weight excluding hydrogens is 535 g/mol. The molecule has 2 saturated heterocycles. The highest BCUT2D eigenvalue weighted by Gasteiger charge is 2.24. The molecule has 5 rings (SSSR count). The number of ether oxygens (including phenoxy) is 2. The van der Waals surface area contributed by atoms with Crippen molar-refractivity contribution in [2.75, 3.05) is 64.1 Å². The molecule has 2 aliphatic rings. The Labute approximate surface area is 236 Å². The standard InChI is InChI=1S/C28H33FN6O4S/c29-22-4-6-23(7-5-22)31-27-34(10-1-11-35(28(36)37)26(30)33-14-18-39-19-15-33)25(20-40-27)21-2-8-24(9-3-21)32-12-16-38-17-13-32/h2-9,20,30H,1,10-19H2,(H,36,37)/b30-26?,31-27+. The van der Waals surface area contributed by atoms with E-state index in [0.717, 1.165) is 52.9 Å². The van der Waals surface area contributed by atoms with Crippen LogP contribution in [0.4, 0.5) is 20.6 Å². The number of hydrogen-bond donors (Lipinski definition) is 2. The Morgan fingerprint density at radius 1 is 1.00 bits per heavy atom. The Morgan fingerprint density at radius 2 is 1.65 bits per heavy atom. The molecular formula is C28H33FN6O4S. The molecule has 0 unspecified atom stereocenters. The number of hydrogen-bond acceptors (Lipinski definition) is 7. The topological polar surface area (TPSA) is 107 Å². The highest BCUT2D eigenvalue weighted by molar-refractivity contribution is 7.07. The molecule has 0 atom stereocenters. The van der Waals surface area contributed by atoms with Gasteiger partial charge >= 0.3 is 6.09 Å². The van der Waals surface area contributed by atoms with Gasteiger partial charge in [0.25, 0.3) is 0 Å². The molecule has 212 valence electrons. The molecule has 0 bridgehead atoms. The number of amides is 1. The first-order valence-corrected chi connectivity index (χ1v) is 14.2. The van der Waals surface area contributed by atoms with Gasteiger partial charge in [0, 0.05) is 50.3 Å². The molecule has 10 nitrogen and oxygen atoms in total. The summed E-state index contributed by atoms with van der Waals surface area (Å²) in [5.41, 5.74) is 3.76. The highest BCUT2D eigenvalue weighted by atomic mass is 32.1. The smallest absolute Gasteiger partial charge is 0.414 e. The molecule has 40 heavy (non-hydrogen) atoms. The van der Waals surface area contributed by atoms with Crippen LogP contribution < -0.4 is 9.70 Å². The molecule has 2 aliphatic heterocycles. The summed E-state index contributed by atoms with van der Waals surface area (Å²) in [6.45, 7) is 5.75. The van der Waals surface area contributed by atoms with E-state index in [0.29, 0.717) is 45.0 Å². The molecule has 2 aromatic carbocycles. The average Bonchev–Trinajstić information content (AvgIpc) is 3.39.